The Balaban J connectivity index is 2.66. The zero-order valence-electron chi connectivity index (χ0n) is 10.5. The maximum atomic E-state index is 11.5. The van der Waals surface area contributed by atoms with E-state index in [1.54, 1.807) is 11.0 Å². The molecule has 0 N–H and O–H groups in total. The van der Waals surface area contributed by atoms with E-state index in [4.69, 9.17) is 11.6 Å². The molecule has 0 radical (unpaired) electrons. The third-order valence-electron chi connectivity index (χ3n) is 2.58. The Morgan fingerprint density at radius 2 is 2.00 bits per heavy atom. The van der Waals surface area contributed by atoms with E-state index < -0.39 is 0 Å². The number of rotatable bonds is 5. The Labute approximate surface area is 111 Å². The lowest BCUT2D eigenvalue weighted by atomic mass is 10.2. The largest absolute Gasteiger partial charge is 0.469 e. The zero-order chi connectivity index (χ0) is 13.5. The Kier molecular flexibility index (Phi) is 5.65. The first-order valence-corrected chi connectivity index (χ1v) is 5.98. The van der Waals surface area contributed by atoms with Crippen LogP contribution in [0.15, 0.2) is 24.3 Å². The maximum absolute atomic E-state index is 11.5. The zero-order valence-corrected chi connectivity index (χ0v) is 11.2. The van der Waals surface area contributed by atoms with Crippen LogP contribution in [-0.4, -0.2) is 30.4 Å². The molecule has 4 nitrogen and oxygen atoms in total. The highest BCUT2D eigenvalue weighted by molar-refractivity contribution is 6.31. The molecule has 0 atom stereocenters. The van der Waals surface area contributed by atoms with Gasteiger partial charge in [0.2, 0.25) is 5.91 Å². The van der Waals surface area contributed by atoms with Crippen molar-refractivity contribution in [2.24, 2.45) is 0 Å². The van der Waals surface area contributed by atoms with Crippen LogP contribution in [0.2, 0.25) is 5.02 Å². The lowest BCUT2D eigenvalue weighted by Gasteiger charge is -2.21. The van der Waals surface area contributed by atoms with Gasteiger partial charge in [0.15, 0.2) is 0 Å². The van der Waals surface area contributed by atoms with Gasteiger partial charge in [0.05, 0.1) is 13.5 Å². The molecule has 0 heterocycles. The molecule has 1 aromatic rings. The van der Waals surface area contributed by atoms with Crippen LogP contribution in [-0.2, 0) is 20.9 Å². The fourth-order valence-electron chi connectivity index (χ4n) is 1.51. The average Bonchev–Trinajstić information content (AvgIpc) is 2.35. The summed E-state index contributed by atoms with van der Waals surface area (Å²) in [5, 5.41) is 0.613. The van der Waals surface area contributed by atoms with Crippen LogP contribution < -0.4 is 0 Å². The topological polar surface area (TPSA) is 46.6 Å². The maximum Gasteiger partial charge on any atom is 0.307 e. The Bertz CT molecular complexity index is 434. The SMILES string of the molecule is COC(=O)CCN(Cc1ccccc1Cl)C(C)=O. The highest BCUT2D eigenvalue weighted by Gasteiger charge is 2.13. The van der Waals surface area contributed by atoms with Gasteiger partial charge in [-0.15, -0.1) is 0 Å². The average molecular weight is 270 g/mol. The lowest BCUT2D eigenvalue weighted by molar-refractivity contribution is -0.141. The van der Waals surface area contributed by atoms with Crippen molar-refractivity contribution in [1.29, 1.82) is 0 Å². The van der Waals surface area contributed by atoms with Gasteiger partial charge in [0, 0.05) is 25.0 Å². The number of amides is 1. The lowest BCUT2D eigenvalue weighted by Crippen LogP contribution is -2.30. The van der Waals surface area contributed by atoms with Crippen molar-refractivity contribution in [1.82, 2.24) is 4.90 Å². The molecular weight excluding hydrogens is 254 g/mol. The second-order valence-corrected chi connectivity index (χ2v) is 4.27. The standard InChI is InChI=1S/C13H16ClNO3/c1-10(16)15(8-7-13(17)18-2)9-11-5-3-4-6-12(11)14/h3-6H,7-9H2,1-2H3. The van der Waals surface area contributed by atoms with Gasteiger partial charge in [-0.2, -0.15) is 0 Å². The molecule has 0 spiro atoms. The predicted octanol–water partition coefficient (Wildman–Crippen LogP) is 2.25. The number of carbonyl (C=O) groups excluding carboxylic acids is 2. The molecule has 0 saturated carbocycles. The van der Waals surface area contributed by atoms with E-state index in [1.807, 2.05) is 18.2 Å². The van der Waals surface area contributed by atoms with E-state index in [2.05, 4.69) is 4.74 Å². The van der Waals surface area contributed by atoms with E-state index in [1.165, 1.54) is 14.0 Å². The number of nitrogens with zero attached hydrogens (tertiary/aromatic N) is 1. The van der Waals surface area contributed by atoms with Crippen molar-refractivity contribution < 1.29 is 14.3 Å². The normalized spacial score (nSPS) is 9.94. The highest BCUT2D eigenvalue weighted by Crippen LogP contribution is 2.17. The van der Waals surface area contributed by atoms with Gasteiger partial charge in [-0.1, -0.05) is 29.8 Å². The van der Waals surface area contributed by atoms with Crippen molar-refractivity contribution in [2.45, 2.75) is 19.9 Å². The van der Waals surface area contributed by atoms with E-state index in [0.29, 0.717) is 18.1 Å². The number of esters is 1. The second-order valence-electron chi connectivity index (χ2n) is 3.86. The number of halogens is 1. The number of hydrogen-bond donors (Lipinski definition) is 0. The fourth-order valence-corrected chi connectivity index (χ4v) is 1.70. The molecule has 18 heavy (non-hydrogen) atoms. The highest BCUT2D eigenvalue weighted by atomic mass is 35.5. The van der Waals surface area contributed by atoms with Gasteiger partial charge in [0.1, 0.15) is 0 Å². The number of carbonyl (C=O) groups is 2. The first-order valence-electron chi connectivity index (χ1n) is 5.60. The van der Waals surface area contributed by atoms with E-state index in [-0.39, 0.29) is 18.3 Å². The van der Waals surface area contributed by atoms with Crippen LogP contribution in [0.5, 0.6) is 0 Å². The van der Waals surface area contributed by atoms with E-state index in [9.17, 15) is 9.59 Å². The summed E-state index contributed by atoms with van der Waals surface area (Å²) in [7, 11) is 1.33. The van der Waals surface area contributed by atoms with Gasteiger partial charge in [-0.3, -0.25) is 9.59 Å². The van der Waals surface area contributed by atoms with Crippen molar-refractivity contribution in [2.75, 3.05) is 13.7 Å². The van der Waals surface area contributed by atoms with Crippen molar-refractivity contribution >= 4 is 23.5 Å². The molecule has 0 saturated heterocycles. The Morgan fingerprint density at radius 1 is 1.33 bits per heavy atom. The number of methoxy groups -OCH3 is 1. The summed E-state index contributed by atoms with van der Waals surface area (Å²) in [4.78, 5) is 24.1. The number of benzene rings is 1. The molecule has 0 unspecified atom stereocenters. The van der Waals surface area contributed by atoms with Crippen LogP contribution in [0.4, 0.5) is 0 Å². The third kappa shape index (κ3) is 4.37. The minimum Gasteiger partial charge on any atom is -0.469 e. The summed E-state index contributed by atoms with van der Waals surface area (Å²) in [6, 6.07) is 7.32. The van der Waals surface area contributed by atoms with E-state index in [0.717, 1.165) is 5.56 Å². The fraction of sp³-hybridized carbons (Fsp3) is 0.385. The van der Waals surface area contributed by atoms with Crippen LogP contribution in [0.3, 0.4) is 0 Å². The number of ether oxygens (including phenoxy) is 1. The van der Waals surface area contributed by atoms with E-state index >= 15 is 0 Å². The minimum absolute atomic E-state index is 0.0983. The summed E-state index contributed by atoms with van der Waals surface area (Å²) in [5.74, 6) is -0.431. The third-order valence-corrected chi connectivity index (χ3v) is 2.95. The predicted molar refractivity (Wildman–Crippen MR) is 69.2 cm³/mol. The summed E-state index contributed by atoms with van der Waals surface area (Å²) < 4.78 is 4.55. The van der Waals surface area contributed by atoms with Crippen molar-refractivity contribution in [3.05, 3.63) is 34.9 Å². The summed E-state index contributed by atoms with van der Waals surface area (Å²) >= 11 is 6.03. The Morgan fingerprint density at radius 3 is 2.56 bits per heavy atom. The van der Waals surface area contributed by atoms with Gasteiger partial charge in [0.25, 0.3) is 0 Å². The molecule has 98 valence electrons. The molecule has 0 aliphatic heterocycles. The molecule has 0 aromatic heterocycles. The van der Waals surface area contributed by atoms with Gasteiger partial charge >= 0.3 is 5.97 Å². The second kappa shape index (κ2) is 7.01. The quantitative estimate of drug-likeness (QED) is 0.770. The van der Waals surface area contributed by atoms with Crippen LogP contribution in [0.1, 0.15) is 18.9 Å². The first-order chi connectivity index (χ1) is 8.54. The molecule has 0 fully saturated rings. The molecule has 1 amide bonds. The minimum atomic E-state index is -0.333. The Hall–Kier alpha value is -1.55. The van der Waals surface area contributed by atoms with Crippen molar-refractivity contribution in [3.8, 4) is 0 Å². The van der Waals surface area contributed by atoms with Crippen LogP contribution >= 0.6 is 11.6 Å². The first kappa shape index (κ1) is 14.5. The number of hydrogen-bond acceptors (Lipinski definition) is 3. The van der Waals surface area contributed by atoms with Gasteiger partial charge < -0.3 is 9.64 Å². The molecule has 0 bridgehead atoms. The smallest absolute Gasteiger partial charge is 0.307 e. The molecule has 5 heteroatoms. The monoisotopic (exact) mass is 269 g/mol. The molecule has 0 aliphatic carbocycles. The van der Waals surface area contributed by atoms with Gasteiger partial charge in [-0.05, 0) is 11.6 Å². The molecule has 1 rings (SSSR count). The summed E-state index contributed by atoms with van der Waals surface area (Å²) in [5.41, 5.74) is 0.860. The molecular formula is C13H16ClNO3. The molecule has 1 aromatic carbocycles. The van der Waals surface area contributed by atoms with Crippen LogP contribution in [0.25, 0.3) is 0 Å². The van der Waals surface area contributed by atoms with Crippen molar-refractivity contribution in [3.63, 3.8) is 0 Å². The van der Waals surface area contributed by atoms with Gasteiger partial charge in [-0.25, -0.2) is 0 Å². The van der Waals surface area contributed by atoms with Crippen LogP contribution in [0, 0.1) is 0 Å². The molecule has 0 aliphatic rings. The summed E-state index contributed by atoms with van der Waals surface area (Å²) in [6.45, 7) is 2.19. The summed E-state index contributed by atoms with van der Waals surface area (Å²) in [6.07, 6.45) is 0.181.